The number of carbonyl (C=O) groups is 1. The molecule has 7 heteroatoms. The fourth-order valence-electron chi connectivity index (χ4n) is 1.27. The Kier molecular flexibility index (Phi) is 2.65. The van der Waals surface area contributed by atoms with Crippen molar-refractivity contribution in [1.29, 1.82) is 0 Å². The molecule has 0 aliphatic rings. The molecule has 2 aromatic rings. The maximum absolute atomic E-state index is 11.2. The number of nitrogens with zero attached hydrogens (tertiary/aromatic N) is 2. The molecule has 0 fully saturated rings. The molecule has 0 spiro atoms. The van der Waals surface area contributed by atoms with Crippen molar-refractivity contribution in [2.45, 2.75) is 0 Å². The Morgan fingerprint density at radius 1 is 1.53 bits per heavy atom. The van der Waals surface area contributed by atoms with Crippen molar-refractivity contribution in [3.8, 4) is 17.2 Å². The van der Waals surface area contributed by atoms with Crippen LogP contribution in [-0.4, -0.2) is 28.2 Å². The number of aromatic hydroxyl groups is 1. The van der Waals surface area contributed by atoms with Gasteiger partial charge in [-0.2, -0.15) is 4.98 Å². The fraction of sp³-hybridized carbons (Fsp3) is 0.100. The number of rotatable bonds is 2. The molecule has 1 heterocycles. The average molecular weight is 234 g/mol. The van der Waals surface area contributed by atoms with E-state index in [1.807, 2.05) is 0 Å². The van der Waals surface area contributed by atoms with E-state index in [0.717, 1.165) is 0 Å². The van der Waals surface area contributed by atoms with Crippen LogP contribution in [0.25, 0.3) is 11.5 Å². The van der Waals surface area contributed by atoms with Crippen molar-refractivity contribution in [3.05, 3.63) is 24.0 Å². The number of benzene rings is 1. The summed E-state index contributed by atoms with van der Waals surface area (Å²) < 4.78 is 4.87. The van der Waals surface area contributed by atoms with Crippen molar-refractivity contribution in [3.63, 3.8) is 0 Å². The Labute approximate surface area is 96.2 Å². The Bertz CT molecular complexity index is 564. The lowest BCUT2D eigenvalue weighted by atomic mass is 10.2. The topological polar surface area (TPSA) is 114 Å². The highest BCUT2D eigenvalue weighted by atomic mass is 16.5. The van der Waals surface area contributed by atoms with Gasteiger partial charge < -0.3 is 20.7 Å². The highest BCUT2D eigenvalue weighted by Gasteiger charge is 2.16. The standard InChI is InChI=1S/C10H10N4O3/c1-12-9(16)8-13-10(17-14-8)6-3-2-5(11)4-7(6)15/h2-4,15H,11H2,1H3,(H,12,16). The van der Waals surface area contributed by atoms with E-state index in [1.165, 1.54) is 19.2 Å². The van der Waals surface area contributed by atoms with Gasteiger partial charge in [0.05, 0.1) is 5.56 Å². The van der Waals surface area contributed by atoms with Crippen LogP contribution < -0.4 is 11.1 Å². The number of hydrogen-bond donors (Lipinski definition) is 3. The van der Waals surface area contributed by atoms with Gasteiger partial charge in [-0.05, 0) is 12.1 Å². The van der Waals surface area contributed by atoms with Gasteiger partial charge in [-0.1, -0.05) is 5.16 Å². The quantitative estimate of drug-likeness (QED) is 0.647. The second-order valence-electron chi connectivity index (χ2n) is 3.28. The Hall–Kier alpha value is -2.57. The van der Waals surface area contributed by atoms with Crippen molar-refractivity contribution in [1.82, 2.24) is 15.5 Å². The van der Waals surface area contributed by atoms with E-state index in [-0.39, 0.29) is 17.5 Å². The largest absolute Gasteiger partial charge is 0.507 e. The molecule has 1 amide bonds. The van der Waals surface area contributed by atoms with Crippen LogP contribution in [0.1, 0.15) is 10.6 Å². The van der Waals surface area contributed by atoms with Crippen LogP contribution in [0.2, 0.25) is 0 Å². The second-order valence-corrected chi connectivity index (χ2v) is 3.28. The molecule has 0 saturated heterocycles. The maximum Gasteiger partial charge on any atom is 0.292 e. The van der Waals surface area contributed by atoms with Crippen LogP contribution in [-0.2, 0) is 0 Å². The SMILES string of the molecule is CNC(=O)c1noc(-c2ccc(N)cc2O)n1. The van der Waals surface area contributed by atoms with Crippen LogP contribution in [0.15, 0.2) is 22.7 Å². The summed E-state index contributed by atoms with van der Waals surface area (Å²) in [6.45, 7) is 0. The molecule has 1 aromatic carbocycles. The summed E-state index contributed by atoms with van der Waals surface area (Å²) in [5.41, 5.74) is 6.23. The van der Waals surface area contributed by atoms with E-state index < -0.39 is 5.91 Å². The van der Waals surface area contributed by atoms with Gasteiger partial charge in [0.25, 0.3) is 17.6 Å². The molecule has 17 heavy (non-hydrogen) atoms. The number of amides is 1. The summed E-state index contributed by atoms with van der Waals surface area (Å²) in [5, 5.41) is 15.5. The first-order valence-electron chi connectivity index (χ1n) is 4.76. The van der Waals surface area contributed by atoms with Crippen LogP contribution in [0, 0.1) is 0 Å². The average Bonchev–Trinajstić information content (AvgIpc) is 2.77. The molecule has 4 N–H and O–H groups in total. The number of nitrogens with one attached hydrogen (secondary N) is 1. The van der Waals surface area contributed by atoms with Crippen molar-refractivity contribution >= 4 is 11.6 Å². The highest BCUT2D eigenvalue weighted by molar-refractivity contribution is 5.90. The Morgan fingerprint density at radius 3 is 2.94 bits per heavy atom. The van der Waals surface area contributed by atoms with Crippen molar-refractivity contribution in [2.75, 3.05) is 12.8 Å². The highest BCUT2D eigenvalue weighted by Crippen LogP contribution is 2.29. The van der Waals surface area contributed by atoms with E-state index in [0.29, 0.717) is 11.3 Å². The smallest absolute Gasteiger partial charge is 0.292 e. The molecule has 2 rings (SSSR count). The lowest BCUT2D eigenvalue weighted by Crippen LogP contribution is -2.19. The first-order valence-corrected chi connectivity index (χ1v) is 4.76. The van der Waals surface area contributed by atoms with E-state index in [1.54, 1.807) is 6.07 Å². The zero-order valence-electron chi connectivity index (χ0n) is 8.97. The first kappa shape index (κ1) is 10.9. The molecule has 0 unspecified atom stereocenters. The van der Waals surface area contributed by atoms with E-state index >= 15 is 0 Å². The number of anilines is 1. The summed E-state index contributed by atoms with van der Waals surface area (Å²) in [6, 6.07) is 4.48. The van der Waals surface area contributed by atoms with Crippen LogP contribution in [0.4, 0.5) is 5.69 Å². The molecular weight excluding hydrogens is 224 g/mol. The summed E-state index contributed by atoms with van der Waals surface area (Å²) >= 11 is 0. The predicted octanol–water partition coefficient (Wildman–Crippen LogP) is 0.384. The third-order valence-corrected chi connectivity index (χ3v) is 2.11. The van der Waals surface area contributed by atoms with Gasteiger partial charge in [0.15, 0.2) is 0 Å². The van der Waals surface area contributed by atoms with Crippen molar-refractivity contribution < 1.29 is 14.4 Å². The summed E-state index contributed by atoms with van der Waals surface area (Å²) in [5.74, 6) is -0.591. The number of carbonyl (C=O) groups excluding carboxylic acids is 1. The minimum absolute atomic E-state index is 0.0566. The van der Waals surface area contributed by atoms with Gasteiger partial charge in [0.2, 0.25) is 0 Å². The third-order valence-electron chi connectivity index (χ3n) is 2.11. The minimum atomic E-state index is -0.463. The lowest BCUT2D eigenvalue weighted by molar-refractivity contribution is 0.0950. The summed E-state index contributed by atoms with van der Waals surface area (Å²) in [6.07, 6.45) is 0. The monoisotopic (exact) mass is 234 g/mol. The molecule has 0 atom stereocenters. The van der Waals surface area contributed by atoms with E-state index in [9.17, 15) is 9.90 Å². The molecule has 0 bridgehead atoms. The molecule has 1 aromatic heterocycles. The van der Waals surface area contributed by atoms with Gasteiger partial charge in [-0.25, -0.2) is 0 Å². The number of phenols is 1. The fourth-order valence-corrected chi connectivity index (χ4v) is 1.27. The van der Waals surface area contributed by atoms with Gasteiger partial charge in [-0.3, -0.25) is 4.79 Å². The maximum atomic E-state index is 11.2. The normalized spacial score (nSPS) is 10.2. The van der Waals surface area contributed by atoms with Crippen molar-refractivity contribution in [2.24, 2.45) is 0 Å². The van der Waals surface area contributed by atoms with Crippen LogP contribution in [0.3, 0.4) is 0 Å². The third kappa shape index (κ3) is 2.03. The predicted molar refractivity (Wildman–Crippen MR) is 59.2 cm³/mol. The number of nitrogens with two attached hydrogens (primary N) is 1. The molecular formula is C10H10N4O3. The molecule has 0 saturated carbocycles. The Balaban J connectivity index is 2.40. The number of hydrogen-bond acceptors (Lipinski definition) is 6. The molecule has 0 radical (unpaired) electrons. The molecule has 0 aliphatic heterocycles. The van der Waals surface area contributed by atoms with Gasteiger partial charge in [0, 0.05) is 18.8 Å². The van der Waals surface area contributed by atoms with Crippen LogP contribution >= 0.6 is 0 Å². The second kappa shape index (κ2) is 4.12. The van der Waals surface area contributed by atoms with E-state index in [4.69, 9.17) is 10.3 Å². The van der Waals surface area contributed by atoms with Gasteiger partial charge in [-0.15, -0.1) is 0 Å². The zero-order chi connectivity index (χ0) is 12.4. The first-order chi connectivity index (χ1) is 8.11. The summed E-state index contributed by atoms with van der Waals surface area (Å²) in [4.78, 5) is 15.1. The van der Waals surface area contributed by atoms with Gasteiger partial charge >= 0.3 is 0 Å². The lowest BCUT2D eigenvalue weighted by Gasteiger charge is -1.99. The number of aromatic nitrogens is 2. The number of phenolic OH excluding ortho intramolecular Hbond substituents is 1. The molecule has 7 nitrogen and oxygen atoms in total. The van der Waals surface area contributed by atoms with Crippen LogP contribution in [0.5, 0.6) is 5.75 Å². The molecule has 0 aliphatic carbocycles. The summed E-state index contributed by atoms with van der Waals surface area (Å²) in [7, 11) is 1.46. The zero-order valence-corrected chi connectivity index (χ0v) is 8.97. The molecule has 88 valence electrons. The van der Waals surface area contributed by atoms with E-state index in [2.05, 4.69) is 15.5 Å². The Morgan fingerprint density at radius 2 is 2.29 bits per heavy atom. The number of nitrogen functional groups attached to an aromatic ring is 1. The minimum Gasteiger partial charge on any atom is -0.507 e. The van der Waals surface area contributed by atoms with Gasteiger partial charge in [0.1, 0.15) is 5.75 Å².